The van der Waals surface area contributed by atoms with Gasteiger partial charge in [-0.05, 0) is 59.2 Å². The van der Waals surface area contributed by atoms with E-state index in [1.165, 1.54) is 46.3 Å². The van der Waals surface area contributed by atoms with Crippen molar-refractivity contribution < 1.29 is 0 Å². The van der Waals surface area contributed by atoms with Gasteiger partial charge in [0, 0.05) is 4.88 Å². The van der Waals surface area contributed by atoms with Crippen LogP contribution in [0.1, 0.15) is 54.3 Å². The van der Waals surface area contributed by atoms with Gasteiger partial charge in [-0.25, -0.2) is 0 Å². The van der Waals surface area contributed by atoms with Gasteiger partial charge < -0.3 is 0 Å². The Kier molecular flexibility index (Phi) is 4.19. The third-order valence-electron chi connectivity index (χ3n) is 3.97. The summed E-state index contributed by atoms with van der Waals surface area (Å²) in [7, 11) is 0. The van der Waals surface area contributed by atoms with Crippen LogP contribution in [0.25, 0.3) is 0 Å². The molecule has 1 unspecified atom stereocenters. The number of aryl methyl sites for hydroxylation is 1. The maximum Gasteiger partial charge on any atom is 0.0730 e. The van der Waals surface area contributed by atoms with Crippen molar-refractivity contribution in [3.63, 3.8) is 0 Å². The quantitative estimate of drug-likeness (QED) is 0.557. The molecule has 0 amide bonds. The zero-order valence-corrected chi connectivity index (χ0v) is 13.8. The molecule has 1 heterocycles. The van der Waals surface area contributed by atoms with Gasteiger partial charge >= 0.3 is 0 Å². The summed E-state index contributed by atoms with van der Waals surface area (Å²) >= 11 is 9.49. The van der Waals surface area contributed by atoms with Crippen LogP contribution in [0.2, 0.25) is 0 Å². The Hall–Kier alpha value is 0.660. The van der Waals surface area contributed by atoms with E-state index < -0.39 is 0 Å². The second-order valence-corrected chi connectivity index (χ2v) is 8.21. The summed E-state index contributed by atoms with van der Waals surface area (Å²) in [5, 5.41) is 0. The second-order valence-electron chi connectivity index (χ2n) is 4.89. The fourth-order valence-corrected chi connectivity index (χ4v) is 5.66. The number of alkyl halides is 1. The number of thiophene rings is 1. The van der Waals surface area contributed by atoms with E-state index >= 15 is 0 Å². The molecule has 16 heavy (non-hydrogen) atoms. The molecule has 1 fully saturated rings. The summed E-state index contributed by atoms with van der Waals surface area (Å²) in [6, 6.07) is 2.34. The topological polar surface area (TPSA) is 0 Å². The van der Waals surface area contributed by atoms with Crippen molar-refractivity contribution in [3.8, 4) is 0 Å². The van der Waals surface area contributed by atoms with Crippen molar-refractivity contribution in [2.45, 2.75) is 50.8 Å². The predicted molar refractivity (Wildman–Crippen MR) is 79.6 cm³/mol. The van der Waals surface area contributed by atoms with Crippen molar-refractivity contribution >= 4 is 43.2 Å². The minimum atomic E-state index is 0.511. The highest BCUT2D eigenvalue weighted by Crippen LogP contribution is 2.55. The Morgan fingerprint density at radius 3 is 2.50 bits per heavy atom. The summed E-state index contributed by atoms with van der Waals surface area (Å²) in [6.07, 6.45) is 6.86. The molecule has 1 aromatic heterocycles. The van der Waals surface area contributed by atoms with Gasteiger partial charge in [-0.3, -0.25) is 0 Å². The lowest BCUT2D eigenvalue weighted by molar-refractivity contribution is 0.281. The molecule has 3 heteroatoms. The van der Waals surface area contributed by atoms with Crippen molar-refractivity contribution in [3.05, 3.63) is 20.3 Å². The van der Waals surface area contributed by atoms with Gasteiger partial charge in [0.25, 0.3) is 0 Å². The van der Waals surface area contributed by atoms with Crippen molar-refractivity contribution in [1.82, 2.24) is 0 Å². The highest BCUT2D eigenvalue weighted by Gasteiger charge is 2.39. The molecular weight excluding hydrogens is 348 g/mol. The van der Waals surface area contributed by atoms with Gasteiger partial charge in [0.15, 0.2) is 0 Å². The molecule has 0 radical (unpaired) electrons. The molecule has 0 nitrogen and oxygen atoms in total. The van der Waals surface area contributed by atoms with E-state index in [-0.39, 0.29) is 0 Å². The van der Waals surface area contributed by atoms with Gasteiger partial charge in [-0.2, -0.15) is 0 Å². The van der Waals surface area contributed by atoms with Crippen molar-refractivity contribution in [2.24, 2.45) is 5.41 Å². The van der Waals surface area contributed by atoms with Crippen LogP contribution in [-0.4, -0.2) is 0 Å². The van der Waals surface area contributed by atoms with Gasteiger partial charge in [0.2, 0.25) is 0 Å². The molecule has 0 aromatic carbocycles. The number of rotatable bonds is 3. The molecule has 0 aliphatic heterocycles. The van der Waals surface area contributed by atoms with Gasteiger partial charge in [-0.15, -0.1) is 11.3 Å². The number of hydrogen-bond donors (Lipinski definition) is 0. The largest absolute Gasteiger partial charge is 0.132 e. The monoisotopic (exact) mass is 364 g/mol. The molecule has 1 aliphatic rings. The van der Waals surface area contributed by atoms with E-state index in [2.05, 4.69) is 51.8 Å². The summed E-state index contributed by atoms with van der Waals surface area (Å²) in [5.41, 5.74) is 1.88. The third kappa shape index (κ3) is 2.28. The fourth-order valence-electron chi connectivity index (χ4n) is 2.78. The van der Waals surface area contributed by atoms with E-state index in [1.54, 1.807) is 0 Å². The van der Waals surface area contributed by atoms with Gasteiger partial charge in [0.1, 0.15) is 0 Å². The van der Waals surface area contributed by atoms with Crippen LogP contribution < -0.4 is 0 Å². The Labute approximate surface area is 119 Å². The first-order chi connectivity index (χ1) is 7.59. The van der Waals surface area contributed by atoms with Gasteiger partial charge in [-0.1, -0.05) is 35.7 Å². The van der Waals surface area contributed by atoms with Crippen LogP contribution >= 0.6 is 43.2 Å². The third-order valence-corrected chi connectivity index (χ3v) is 7.94. The lowest BCUT2D eigenvalue weighted by Crippen LogP contribution is -2.20. The molecule has 1 aromatic rings. The number of hydrogen-bond acceptors (Lipinski definition) is 1. The summed E-state index contributed by atoms with van der Waals surface area (Å²) in [4.78, 5) is 2.04. The first kappa shape index (κ1) is 13.1. The standard InChI is InChI=1S/C13H18Br2S/c1-3-13(6-4-5-7-13)11(14)10-8-9(2)12(15)16-10/h8,11H,3-7H2,1-2H3. The molecule has 1 atom stereocenters. The van der Waals surface area contributed by atoms with E-state index in [0.717, 1.165) is 0 Å². The molecule has 90 valence electrons. The minimum Gasteiger partial charge on any atom is -0.132 e. The predicted octanol–water partition coefficient (Wildman–Crippen LogP) is 6.23. The molecule has 0 N–H and O–H groups in total. The Balaban J connectivity index is 2.26. The minimum absolute atomic E-state index is 0.511. The summed E-state index contributed by atoms with van der Waals surface area (Å²) in [5.74, 6) is 0. The molecule has 2 rings (SSSR count). The Morgan fingerprint density at radius 2 is 2.06 bits per heavy atom. The van der Waals surface area contributed by atoms with E-state index in [9.17, 15) is 0 Å². The SMILES string of the molecule is CCC1(C(Br)c2cc(C)c(Br)s2)CCCC1. The van der Waals surface area contributed by atoms with E-state index in [1.807, 2.05) is 11.3 Å². The normalized spacial score (nSPS) is 21.2. The smallest absolute Gasteiger partial charge is 0.0730 e. The van der Waals surface area contributed by atoms with Gasteiger partial charge in [0.05, 0.1) is 8.61 Å². The fraction of sp³-hybridized carbons (Fsp3) is 0.692. The van der Waals surface area contributed by atoms with Crippen LogP contribution in [-0.2, 0) is 0 Å². The molecule has 0 saturated heterocycles. The molecule has 1 aliphatic carbocycles. The van der Waals surface area contributed by atoms with E-state index in [4.69, 9.17) is 0 Å². The maximum atomic E-state index is 3.97. The van der Waals surface area contributed by atoms with Crippen molar-refractivity contribution in [2.75, 3.05) is 0 Å². The second kappa shape index (κ2) is 5.11. The first-order valence-electron chi connectivity index (χ1n) is 5.99. The maximum absolute atomic E-state index is 3.97. The average Bonchev–Trinajstić information content (AvgIpc) is 2.87. The Morgan fingerprint density at radius 1 is 1.44 bits per heavy atom. The molecule has 1 saturated carbocycles. The highest BCUT2D eigenvalue weighted by atomic mass is 79.9. The highest BCUT2D eigenvalue weighted by molar-refractivity contribution is 9.11. The Bertz CT molecular complexity index is 345. The first-order valence-corrected chi connectivity index (χ1v) is 8.51. The lowest BCUT2D eigenvalue weighted by Gasteiger charge is -2.32. The summed E-state index contributed by atoms with van der Waals surface area (Å²) in [6.45, 7) is 4.52. The zero-order valence-electron chi connectivity index (χ0n) is 9.85. The molecular formula is C13H18Br2S. The van der Waals surface area contributed by atoms with Crippen LogP contribution in [0, 0.1) is 12.3 Å². The summed E-state index contributed by atoms with van der Waals surface area (Å²) < 4.78 is 1.29. The lowest BCUT2D eigenvalue weighted by atomic mass is 9.79. The average molecular weight is 366 g/mol. The number of halogens is 2. The van der Waals surface area contributed by atoms with Crippen LogP contribution in [0.15, 0.2) is 9.85 Å². The van der Waals surface area contributed by atoms with Crippen molar-refractivity contribution in [1.29, 1.82) is 0 Å². The van der Waals surface area contributed by atoms with Crippen LogP contribution in [0.4, 0.5) is 0 Å². The molecule has 0 spiro atoms. The van der Waals surface area contributed by atoms with E-state index in [0.29, 0.717) is 10.2 Å². The zero-order chi connectivity index (χ0) is 11.8. The van der Waals surface area contributed by atoms with Crippen LogP contribution in [0.3, 0.4) is 0 Å². The molecule has 0 bridgehead atoms. The van der Waals surface area contributed by atoms with Crippen LogP contribution in [0.5, 0.6) is 0 Å².